The molecule has 0 unspecified atom stereocenters. The lowest BCUT2D eigenvalue weighted by atomic mass is 10.0. The molecule has 1 fully saturated rings. The van der Waals surface area contributed by atoms with Gasteiger partial charge in [-0.1, -0.05) is 18.2 Å². The third-order valence-electron chi connectivity index (χ3n) is 7.36. The Morgan fingerprint density at radius 2 is 1.83 bits per heavy atom. The topological polar surface area (TPSA) is 92.8 Å². The fourth-order valence-corrected chi connectivity index (χ4v) is 5.99. The number of primary amides is 1. The minimum Gasteiger partial charge on any atom is -0.484 e. The van der Waals surface area contributed by atoms with Crippen molar-refractivity contribution in [2.75, 3.05) is 53.4 Å². The maximum Gasteiger partial charge on any atom is 0.416 e. The number of pyridine rings is 1. The van der Waals surface area contributed by atoms with Gasteiger partial charge in [0.05, 0.1) is 23.0 Å². The molecule has 0 aliphatic carbocycles. The van der Waals surface area contributed by atoms with E-state index < -0.39 is 23.8 Å². The summed E-state index contributed by atoms with van der Waals surface area (Å²) in [5.74, 6) is -0.607. The number of piperazine rings is 1. The molecule has 0 radical (unpaired) electrons. The summed E-state index contributed by atoms with van der Waals surface area (Å²) in [6.45, 7) is 8.23. The van der Waals surface area contributed by atoms with Gasteiger partial charge in [0.2, 0.25) is 0 Å². The minimum absolute atomic E-state index is 0.0319. The third-order valence-corrected chi connectivity index (χ3v) is 8.49. The Balaban J connectivity index is 1.36. The van der Waals surface area contributed by atoms with Crippen LogP contribution in [0.3, 0.4) is 0 Å². The Kier molecular flexibility index (Phi) is 8.83. The van der Waals surface area contributed by atoms with Crippen LogP contribution in [-0.4, -0.2) is 88.5 Å². The number of amides is 1. The first-order valence-electron chi connectivity index (χ1n) is 13.7. The molecule has 1 amide bonds. The van der Waals surface area contributed by atoms with Crippen molar-refractivity contribution in [3.8, 4) is 10.8 Å². The molecule has 4 aromatic rings. The summed E-state index contributed by atoms with van der Waals surface area (Å²) in [7, 11) is 4.17. The van der Waals surface area contributed by atoms with E-state index >= 15 is 0 Å². The first-order chi connectivity index (χ1) is 20.0. The van der Waals surface area contributed by atoms with Crippen molar-refractivity contribution in [2.24, 2.45) is 5.73 Å². The van der Waals surface area contributed by atoms with Crippen LogP contribution in [0.15, 0.2) is 48.9 Å². The van der Waals surface area contributed by atoms with Gasteiger partial charge in [-0.3, -0.25) is 24.1 Å². The van der Waals surface area contributed by atoms with E-state index in [0.29, 0.717) is 17.1 Å². The van der Waals surface area contributed by atoms with Crippen molar-refractivity contribution in [3.05, 3.63) is 70.6 Å². The Labute approximate surface area is 246 Å². The molecule has 9 nitrogen and oxygen atoms in total. The van der Waals surface area contributed by atoms with E-state index in [9.17, 15) is 18.0 Å². The molecule has 1 atom stereocenters. The lowest BCUT2D eigenvalue weighted by Crippen LogP contribution is -2.47. The number of fused-ring (bicyclic) bond motifs is 1. The van der Waals surface area contributed by atoms with E-state index in [1.54, 1.807) is 18.6 Å². The molecule has 0 spiro atoms. The SMILES string of the molecule is C[C@@H](Oc1cc(-n2cnc3cnc(CN4CCN(CCN(C)C)CC4)cc32)sc1C(N)=O)c1ccccc1C(F)(F)F. The first-order valence-corrected chi connectivity index (χ1v) is 14.5. The molecule has 4 heterocycles. The highest BCUT2D eigenvalue weighted by atomic mass is 32.1. The van der Waals surface area contributed by atoms with Gasteiger partial charge < -0.3 is 15.4 Å². The number of carbonyl (C=O) groups is 1. The summed E-state index contributed by atoms with van der Waals surface area (Å²) in [4.78, 5) is 28.5. The molecule has 13 heteroatoms. The number of imidazole rings is 1. The molecule has 224 valence electrons. The number of carbonyl (C=O) groups excluding carboxylic acids is 1. The number of nitrogens with two attached hydrogens (primary N) is 1. The Hall–Kier alpha value is -3.52. The van der Waals surface area contributed by atoms with Crippen molar-refractivity contribution in [1.29, 1.82) is 0 Å². The van der Waals surface area contributed by atoms with Gasteiger partial charge in [-0.25, -0.2) is 4.98 Å². The largest absolute Gasteiger partial charge is 0.484 e. The molecular weight excluding hydrogens is 567 g/mol. The molecule has 1 aliphatic rings. The Morgan fingerprint density at radius 3 is 2.52 bits per heavy atom. The number of aromatic nitrogens is 3. The minimum atomic E-state index is -4.54. The number of nitrogens with zero attached hydrogens (tertiary/aromatic N) is 6. The first kappa shape index (κ1) is 30.0. The molecule has 42 heavy (non-hydrogen) atoms. The summed E-state index contributed by atoms with van der Waals surface area (Å²) in [6.07, 6.45) is -2.17. The average Bonchev–Trinajstić information content (AvgIpc) is 3.56. The third kappa shape index (κ3) is 6.75. The number of likely N-dealkylation sites (N-methyl/N-ethyl adjacent to an activating group) is 1. The Bertz CT molecular complexity index is 1540. The highest BCUT2D eigenvalue weighted by molar-refractivity contribution is 7.16. The van der Waals surface area contributed by atoms with Gasteiger partial charge in [0.15, 0.2) is 0 Å². The number of benzene rings is 1. The summed E-state index contributed by atoms with van der Waals surface area (Å²) >= 11 is 1.10. The molecule has 1 saturated heterocycles. The van der Waals surface area contributed by atoms with Crippen LogP contribution in [0.5, 0.6) is 5.75 Å². The monoisotopic (exact) mass is 601 g/mol. The number of alkyl halides is 3. The van der Waals surface area contributed by atoms with Gasteiger partial charge in [0, 0.05) is 57.4 Å². The summed E-state index contributed by atoms with van der Waals surface area (Å²) in [6, 6.07) is 8.83. The number of hydrogen-bond acceptors (Lipinski definition) is 8. The predicted octanol–water partition coefficient (Wildman–Crippen LogP) is 4.42. The summed E-state index contributed by atoms with van der Waals surface area (Å²) in [5.41, 5.74) is 7.19. The van der Waals surface area contributed by atoms with Crippen LogP contribution >= 0.6 is 11.3 Å². The number of hydrogen-bond donors (Lipinski definition) is 1. The van der Waals surface area contributed by atoms with Crippen LogP contribution in [0.25, 0.3) is 16.0 Å². The number of ether oxygens (including phenoxy) is 1. The van der Waals surface area contributed by atoms with Crippen LogP contribution in [0.2, 0.25) is 0 Å². The molecule has 2 N–H and O–H groups in total. The molecule has 0 bridgehead atoms. The van der Waals surface area contributed by atoms with Crippen molar-refractivity contribution in [1.82, 2.24) is 29.2 Å². The van der Waals surface area contributed by atoms with Gasteiger partial charge in [-0.2, -0.15) is 13.2 Å². The maximum absolute atomic E-state index is 13.6. The zero-order chi connectivity index (χ0) is 30.0. The number of halogens is 3. The smallest absolute Gasteiger partial charge is 0.416 e. The fourth-order valence-electron chi connectivity index (χ4n) is 5.06. The second kappa shape index (κ2) is 12.4. The Morgan fingerprint density at radius 1 is 1.12 bits per heavy atom. The second-order valence-electron chi connectivity index (χ2n) is 10.7. The van der Waals surface area contributed by atoms with Crippen LogP contribution < -0.4 is 10.5 Å². The predicted molar refractivity (Wildman–Crippen MR) is 156 cm³/mol. The molecule has 1 aliphatic heterocycles. The van der Waals surface area contributed by atoms with Crippen LogP contribution in [0.1, 0.15) is 39.5 Å². The lowest BCUT2D eigenvalue weighted by molar-refractivity contribution is -0.139. The second-order valence-corrected chi connectivity index (χ2v) is 11.7. The van der Waals surface area contributed by atoms with E-state index in [4.69, 9.17) is 10.5 Å². The lowest BCUT2D eigenvalue weighted by Gasteiger charge is -2.35. The van der Waals surface area contributed by atoms with Crippen LogP contribution in [-0.2, 0) is 12.7 Å². The van der Waals surface area contributed by atoms with Gasteiger partial charge in [0.25, 0.3) is 5.91 Å². The highest BCUT2D eigenvalue weighted by Crippen LogP contribution is 2.39. The highest BCUT2D eigenvalue weighted by Gasteiger charge is 2.35. The average molecular weight is 602 g/mol. The maximum atomic E-state index is 13.6. The van der Waals surface area contributed by atoms with Crippen LogP contribution in [0, 0.1) is 0 Å². The van der Waals surface area contributed by atoms with Crippen LogP contribution in [0.4, 0.5) is 13.2 Å². The normalized spacial score (nSPS) is 15.9. The van der Waals surface area contributed by atoms with Crippen molar-refractivity contribution in [2.45, 2.75) is 25.7 Å². The van der Waals surface area contributed by atoms with E-state index in [0.717, 1.165) is 67.9 Å². The van der Waals surface area contributed by atoms with Crippen molar-refractivity contribution in [3.63, 3.8) is 0 Å². The molecule has 1 aromatic carbocycles. The standard InChI is InChI=1S/C29H34F3N7O2S/c1-19(21-6-4-5-7-22(21)29(30,31)32)41-25-15-26(42-27(25)28(33)40)39-18-35-23-16-34-20(14-24(23)39)17-38-12-10-37(11-13-38)9-8-36(2)3/h4-7,14-16,18-19H,8-13,17H2,1-3H3,(H2,33,40)/t19-/m1/s1. The fraction of sp³-hybridized carbons (Fsp3) is 0.414. The van der Waals surface area contributed by atoms with Crippen molar-refractivity contribution < 1.29 is 22.7 Å². The zero-order valence-electron chi connectivity index (χ0n) is 23.8. The summed E-state index contributed by atoms with van der Waals surface area (Å²) in [5, 5.41) is 0.601. The van der Waals surface area contributed by atoms with E-state index in [1.807, 2.05) is 10.6 Å². The zero-order valence-corrected chi connectivity index (χ0v) is 24.6. The van der Waals surface area contributed by atoms with Gasteiger partial charge in [-0.15, -0.1) is 11.3 Å². The molecule has 0 saturated carbocycles. The number of thiophene rings is 1. The van der Waals surface area contributed by atoms with E-state index in [-0.39, 0.29) is 16.2 Å². The van der Waals surface area contributed by atoms with Crippen molar-refractivity contribution >= 4 is 28.3 Å². The van der Waals surface area contributed by atoms with E-state index in [2.05, 4.69) is 38.8 Å². The molecular formula is C29H34F3N7O2S. The van der Waals surface area contributed by atoms with Gasteiger partial charge in [0.1, 0.15) is 33.6 Å². The van der Waals surface area contributed by atoms with Gasteiger partial charge >= 0.3 is 6.18 Å². The quantitative estimate of drug-likeness (QED) is 0.288. The summed E-state index contributed by atoms with van der Waals surface area (Å²) < 4.78 is 48.5. The molecule has 3 aromatic heterocycles. The molecule has 5 rings (SSSR count). The van der Waals surface area contributed by atoms with Gasteiger partial charge in [-0.05, 0) is 33.2 Å². The number of rotatable bonds is 10. The van der Waals surface area contributed by atoms with E-state index in [1.165, 1.54) is 25.1 Å².